The minimum absolute atomic E-state index is 0.0228. The average molecular weight is 390 g/mol. The van der Waals surface area contributed by atoms with Gasteiger partial charge in [-0.15, -0.1) is 11.3 Å². The molecule has 1 aromatic carbocycles. The number of carbonyl (C=O) groups is 2. The van der Waals surface area contributed by atoms with Crippen LogP contribution in [-0.4, -0.2) is 24.5 Å². The van der Waals surface area contributed by atoms with Gasteiger partial charge in [0, 0.05) is 11.4 Å². The van der Waals surface area contributed by atoms with Crippen molar-refractivity contribution in [1.29, 1.82) is 0 Å². The van der Waals surface area contributed by atoms with E-state index in [0.717, 1.165) is 36.1 Å². The van der Waals surface area contributed by atoms with Gasteiger partial charge in [0.2, 0.25) is 0 Å². The number of hydrogen-bond donors (Lipinski definition) is 2. The molecule has 27 heavy (non-hydrogen) atoms. The Bertz CT molecular complexity index is 850. The van der Waals surface area contributed by atoms with Crippen LogP contribution in [0.5, 0.6) is 5.75 Å². The van der Waals surface area contributed by atoms with Crippen LogP contribution in [0.1, 0.15) is 47.5 Å². The standard InChI is InChI=1S/C20H23FN2O3S/c1-3-22-19(25)17-13-8-4-7-11-16(13)27-20(17)23-18(24)12(2)26-15-10-6-5-9-14(15)21/h5-6,9-10,12H,3-4,7-8,11H2,1-2H3,(H,22,25)(H,23,24). The molecule has 0 saturated heterocycles. The van der Waals surface area contributed by atoms with E-state index < -0.39 is 17.8 Å². The van der Waals surface area contributed by atoms with E-state index >= 15 is 0 Å². The van der Waals surface area contributed by atoms with Gasteiger partial charge < -0.3 is 15.4 Å². The Morgan fingerprint density at radius 3 is 2.74 bits per heavy atom. The van der Waals surface area contributed by atoms with Crippen molar-refractivity contribution in [3.05, 3.63) is 46.1 Å². The highest BCUT2D eigenvalue weighted by Gasteiger charge is 2.27. The molecule has 1 aliphatic carbocycles. The van der Waals surface area contributed by atoms with Gasteiger partial charge >= 0.3 is 0 Å². The van der Waals surface area contributed by atoms with Crippen LogP contribution in [0, 0.1) is 5.82 Å². The van der Waals surface area contributed by atoms with Crippen LogP contribution < -0.4 is 15.4 Å². The molecule has 1 heterocycles. The van der Waals surface area contributed by atoms with E-state index in [1.807, 2.05) is 6.92 Å². The largest absolute Gasteiger partial charge is 0.478 e. The molecule has 2 amide bonds. The van der Waals surface area contributed by atoms with Crippen molar-refractivity contribution in [2.24, 2.45) is 0 Å². The maximum Gasteiger partial charge on any atom is 0.265 e. The SMILES string of the molecule is CCNC(=O)c1c(NC(=O)C(C)Oc2ccccc2F)sc2c1CCCC2. The Morgan fingerprint density at radius 2 is 2.00 bits per heavy atom. The van der Waals surface area contributed by atoms with E-state index in [-0.39, 0.29) is 11.7 Å². The van der Waals surface area contributed by atoms with Crippen molar-refractivity contribution in [2.45, 2.75) is 45.6 Å². The maximum atomic E-state index is 13.7. The normalized spacial score (nSPS) is 14.2. The van der Waals surface area contributed by atoms with Crippen molar-refractivity contribution in [1.82, 2.24) is 5.32 Å². The van der Waals surface area contributed by atoms with Crippen molar-refractivity contribution in [3.63, 3.8) is 0 Å². The Kier molecular flexibility index (Phi) is 6.11. The highest BCUT2D eigenvalue weighted by atomic mass is 32.1. The third-order valence-corrected chi connectivity index (χ3v) is 5.69. The number of benzene rings is 1. The van der Waals surface area contributed by atoms with Crippen molar-refractivity contribution in [3.8, 4) is 5.75 Å². The number of halogens is 1. The fraction of sp³-hybridized carbons (Fsp3) is 0.400. The van der Waals surface area contributed by atoms with Gasteiger partial charge in [-0.2, -0.15) is 0 Å². The van der Waals surface area contributed by atoms with Crippen LogP contribution in [0.3, 0.4) is 0 Å². The minimum Gasteiger partial charge on any atom is -0.478 e. The lowest BCUT2D eigenvalue weighted by molar-refractivity contribution is -0.122. The van der Waals surface area contributed by atoms with Gasteiger partial charge in [-0.3, -0.25) is 9.59 Å². The second kappa shape index (κ2) is 8.52. The van der Waals surface area contributed by atoms with Crippen LogP contribution in [0.4, 0.5) is 9.39 Å². The Morgan fingerprint density at radius 1 is 1.26 bits per heavy atom. The number of fused-ring (bicyclic) bond motifs is 1. The molecular formula is C20H23FN2O3S. The molecule has 0 aliphatic heterocycles. The molecule has 5 nitrogen and oxygen atoms in total. The van der Waals surface area contributed by atoms with E-state index in [2.05, 4.69) is 10.6 Å². The summed E-state index contributed by atoms with van der Waals surface area (Å²) in [6, 6.07) is 5.95. The first-order valence-electron chi connectivity index (χ1n) is 9.16. The van der Waals surface area contributed by atoms with Gasteiger partial charge in [0.15, 0.2) is 17.7 Å². The second-order valence-electron chi connectivity index (χ2n) is 6.45. The van der Waals surface area contributed by atoms with Crippen LogP contribution in [0.25, 0.3) is 0 Å². The molecule has 0 fully saturated rings. The number of ether oxygens (including phenoxy) is 1. The summed E-state index contributed by atoms with van der Waals surface area (Å²) in [6.45, 7) is 3.93. The summed E-state index contributed by atoms with van der Waals surface area (Å²) in [5.41, 5.74) is 1.60. The molecule has 0 spiro atoms. The quantitative estimate of drug-likeness (QED) is 0.786. The third kappa shape index (κ3) is 4.30. The van der Waals surface area contributed by atoms with Crippen LogP contribution >= 0.6 is 11.3 Å². The minimum atomic E-state index is -0.900. The van der Waals surface area contributed by atoms with Crippen molar-refractivity contribution < 1.29 is 18.7 Å². The van der Waals surface area contributed by atoms with Crippen LogP contribution in [0.2, 0.25) is 0 Å². The molecule has 0 bridgehead atoms. The van der Waals surface area contributed by atoms with Gasteiger partial charge in [0.25, 0.3) is 11.8 Å². The molecule has 144 valence electrons. The van der Waals surface area contributed by atoms with E-state index in [9.17, 15) is 14.0 Å². The Balaban J connectivity index is 1.80. The zero-order valence-electron chi connectivity index (χ0n) is 15.4. The first kappa shape index (κ1) is 19.4. The molecule has 0 saturated carbocycles. The Hall–Kier alpha value is -2.41. The van der Waals surface area contributed by atoms with Gasteiger partial charge in [-0.05, 0) is 57.2 Å². The predicted octanol–water partition coefficient (Wildman–Crippen LogP) is 3.92. The summed E-state index contributed by atoms with van der Waals surface area (Å²) in [5.74, 6) is -1.08. The monoisotopic (exact) mass is 390 g/mol. The molecule has 1 aliphatic rings. The highest BCUT2D eigenvalue weighted by Crippen LogP contribution is 2.38. The second-order valence-corrected chi connectivity index (χ2v) is 7.56. The number of rotatable bonds is 6. The average Bonchev–Trinajstić information content (AvgIpc) is 3.01. The van der Waals surface area contributed by atoms with Gasteiger partial charge in [-0.1, -0.05) is 12.1 Å². The first-order chi connectivity index (χ1) is 13.0. The van der Waals surface area contributed by atoms with Crippen molar-refractivity contribution in [2.75, 3.05) is 11.9 Å². The maximum absolute atomic E-state index is 13.7. The summed E-state index contributed by atoms with van der Waals surface area (Å²) >= 11 is 1.45. The molecule has 3 rings (SSSR count). The highest BCUT2D eigenvalue weighted by molar-refractivity contribution is 7.17. The summed E-state index contributed by atoms with van der Waals surface area (Å²) in [7, 11) is 0. The van der Waals surface area contributed by atoms with Crippen molar-refractivity contribution >= 4 is 28.2 Å². The fourth-order valence-electron chi connectivity index (χ4n) is 3.14. The lowest BCUT2D eigenvalue weighted by atomic mass is 9.95. The third-order valence-electron chi connectivity index (χ3n) is 4.48. The lowest BCUT2D eigenvalue weighted by Gasteiger charge is -2.15. The summed E-state index contributed by atoms with van der Waals surface area (Å²) < 4.78 is 19.2. The van der Waals surface area contributed by atoms with Gasteiger partial charge in [0.1, 0.15) is 5.00 Å². The molecular weight excluding hydrogens is 367 g/mol. The number of carbonyl (C=O) groups excluding carboxylic acids is 2. The summed E-state index contributed by atoms with van der Waals surface area (Å²) in [4.78, 5) is 26.3. The number of nitrogens with one attached hydrogen (secondary N) is 2. The fourth-order valence-corrected chi connectivity index (χ4v) is 4.43. The Labute approximate surface area is 161 Å². The molecule has 1 atom stereocenters. The molecule has 1 unspecified atom stereocenters. The smallest absolute Gasteiger partial charge is 0.265 e. The number of amides is 2. The van der Waals surface area contributed by atoms with E-state index in [1.54, 1.807) is 19.1 Å². The predicted molar refractivity (Wildman–Crippen MR) is 104 cm³/mol. The number of anilines is 1. The first-order valence-corrected chi connectivity index (χ1v) is 9.97. The van der Waals surface area contributed by atoms with E-state index in [4.69, 9.17) is 4.74 Å². The summed E-state index contributed by atoms with van der Waals surface area (Å²) in [5, 5.41) is 6.19. The van der Waals surface area contributed by atoms with E-state index in [0.29, 0.717) is 17.1 Å². The molecule has 0 radical (unpaired) electrons. The van der Waals surface area contributed by atoms with E-state index in [1.165, 1.54) is 23.5 Å². The number of aryl methyl sites for hydroxylation is 1. The number of thiophene rings is 1. The lowest BCUT2D eigenvalue weighted by Crippen LogP contribution is -2.31. The number of para-hydroxylation sites is 1. The number of hydrogen-bond acceptors (Lipinski definition) is 4. The van der Waals surface area contributed by atoms with Gasteiger partial charge in [0.05, 0.1) is 5.56 Å². The van der Waals surface area contributed by atoms with Crippen LogP contribution in [0.15, 0.2) is 24.3 Å². The molecule has 1 aromatic heterocycles. The zero-order chi connectivity index (χ0) is 19.4. The molecule has 7 heteroatoms. The van der Waals surface area contributed by atoms with Gasteiger partial charge in [-0.25, -0.2) is 4.39 Å². The summed E-state index contributed by atoms with van der Waals surface area (Å²) in [6.07, 6.45) is 2.99. The molecule has 2 aromatic rings. The molecule has 2 N–H and O–H groups in total. The topological polar surface area (TPSA) is 67.4 Å². The zero-order valence-corrected chi connectivity index (χ0v) is 16.2. The van der Waals surface area contributed by atoms with Crippen LogP contribution in [-0.2, 0) is 17.6 Å².